The first-order chi connectivity index (χ1) is 8.13. The lowest BCUT2D eigenvalue weighted by atomic mass is 10.1. The highest BCUT2D eigenvalue weighted by Crippen LogP contribution is 2.33. The van der Waals surface area contributed by atoms with Gasteiger partial charge in [-0.1, -0.05) is 0 Å². The predicted octanol–water partition coefficient (Wildman–Crippen LogP) is 1.31. The van der Waals surface area contributed by atoms with E-state index < -0.39 is 0 Å². The molecule has 1 aliphatic rings. The standard InChI is InChI=1S/C13H18N2O2/c1-9(16)10-4-5-13-12(6-10)15(3)11(7-14-2)8-17-13/h4-6,11,14H,7-8H2,1-3H3. The Morgan fingerprint density at radius 3 is 3.00 bits per heavy atom. The predicted molar refractivity (Wildman–Crippen MR) is 68.1 cm³/mol. The van der Waals surface area contributed by atoms with Gasteiger partial charge in [-0.25, -0.2) is 0 Å². The van der Waals surface area contributed by atoms with E-state index in [2.05, 4.69) is 10.2 Å². The summed E-state index contributed by atoms with van der Waals surface area (Å²) in [5, 5.41) is 3.15. The van der Waals surface area contributed by atoms with Crippen molar-refractivity contribution in [3.63, 3.8) is 0 Å². The number of Topliss-reactive ketones (excluding diaryl/α,β-unsaturated/α-hetero) is 1. The summed E-state index contributed by atoms with van der Waals surface area (Å²) in [6.45, 7) is 3.11. The summed E-state index contributed by atoms with van der Waals surface area (Å²) in [6, 6.07) is 5.89. The lowest BCUT2D eigenvalue weighted by Gasteiger charge is -2.36. The average molecular weight is 234 g/mol. The molecule has 0 saturated carbocycles. The number of nitrogens with one attached hydrogen (secondary N) is 1. The summed E-state index contributed by atoms with van der Waals surface area (Å²) in [7, 11) is 3.96. The van der Waals surface area contributed by atoms with Crippen molar-refractivity contribution < 1.29 is 9.53 Å². The van der Waals surface area contributed by atoms with Gasteiger partial charge < -0.3 is 15.0 Å². The van der Waals surface area contributed by atoms with E-state index in [1.807, 2.05) is 32.3 Å². The van der Waals surface area contributed by atoms with Gasteiger partial charge in [0.2, 0.25) is 0 Å². The van der Waals surface area contributed by atoms with E-state index in [4.69, 9.17) is 4.74 Å². The smallest absolute Gasteiger partial charge is 0.159 e. The number of ether oxygens (including phenoxy) is 1. The van der Waals surface area contributed by atoms with Gasteiger partial charge in [-0.2, -0.15) is 0 Å². The summed E-state index contributed by atoms with van der Waals surface area (Å²) in [5.74, 6) is 0.932. The molecular formula is C13H18N2O2. The van der Waals surface area contributed by atoms with E-state index in [9.17, 15) is 4.79 Å². The van der Waals surface area contributed by atoms with Crippen LogP contribution < -0.4 is 15.0 Å². The van der Waals surface area contributed by atoms with Crippen LogP contribution in [0.1, 0.15) is 17.3 Å². The number of carbonyl (C=O) groups is 1. The molecular weight excluding hydrogens is 216 g/mol. The van der Waals surface area contributed by atoms with E-state index in [1.165, 1.54) is 0 Å². The zero-order chi connectivity index (χ0) is 12.4. The van der Waals surface area contributed by atoms with Gasteiger partial charge in [0, 0.05) is 19.2 Å². The van der Waals surface area contributed by atoms with Crippen LogP contribution in [0.2, 0.25) is 0 Å². The van der Waals surface area contributed by atoms with Gasteiger partial charge in [0.15, 0.2) is 5.78 Å². The molecule has 1 aliphatic heterocycles. The first kappa shape index (κ1) is 11.9. The lowest BCUT2D eigenvalue weighted by molar-refractivity contribution is 0.101. The summed E-state index contributed by atoms with van der Waals surface area (Å²) >= 11 is 0. The Bertz CT molecular complexity index is 431. The molecule has 0 bridgehead atoms. The van der Waals surface area contributed by atoms with E-state index in [0.717, 1.165) is 23.5 Å². The van der Waals surface area contributed by atoms with Crippen molar-refractivity contribution in [2.24, 2.45) is 0 Å². The number of nitrogens with zero attached hydrogens (tertiary/aromatic N) is 1. The third-order valence-electron chi connectivity index (χ3n) is 3.16. The molecule has 4 nitrogen and oxygen atoms in total. The molecule has 1 atom stereocenters. The number of hydrogen-bond donors (Lipinski definition) is 1. The minimum atomic E-state index is 0.0805. The van der Waals surface area contributed by atoms with Gasteiger partial charge in [0.1, 0.15) is 12.4 Å². The van der Waals surface area contributed by atoms with Crippen molar-refractivity contribution in [1.29, 1.82) is 0 Å². The summed E-state index contributed by atoms with van der Waals surface area (Å²) in [5.41, 5.74) is 1.72. The number of hydrogen-bond acceptors (Lipinski definition) is 4. The quantitative estimate of drug-likeness (QED) is 0.801. The third kappa shape index (κ3) is 2.26. The number of ketones is 1. The van der Waals surface area contributed by atoms with E-state index in [-0.39, 0.29) is 5.78 Å². The molecule has 0 spiro atoms. The van der Waals surface area contributed by atoms with Gasteiger partial charge in [0.05, 0.1) is 11.7 Å². The van der Waals surface area contributed by atoms with Crippen LogP contribution in [-0.2, 0) is 0 Å². The van der Waals surface area contributed by atoms with Crippen LogP contribution in [0.5, 0.6) is 5.75 Å². The second kappa shape index (κ2) is 4.75. The Morgan fingerprint density at radius 2 is 2.35 bits per heavy atom. The topological polar surface area (TPSA) is 41.6 Å². The maximum Gasteiger partial charge on any atom is 0.159 e. The highest BCUT2D eigenvalue weighted by atomic mass is 16.5. The van der Waals surface area contributed by atoms with Crippen LogP contribution in [0.15, 0.2) is 18.2 Å². The second-order valence-corrected chi connectivity index (χ2v) is 4.37. The Hall–Kier alpha value is -1.55. The van der Waals surface area contributed by atoms with Gasteiger partial charge in [-0.05, 0) is 32.2 Å². The van der Waals surface area contributed by atoms with Crippen LogP contribution >= 0.6 is 0 Å². The molecule has 1 aromatic rings. The molecule has 0 aliphatic carbocycles. The maximum atomic E-state index is 11.4. The SMILES string of the molecule is CNCC1COc2ccc(C(C)=O)cc2N1C. The fourth-order valence-electron chi connectivity index (χ4n) is 2.06. The fraction of sp³-hybridized carbons (Fsp3) is 0.462. The Kier molecular flexibility index (Phi) is 3.33. The monoisotopic (exact) mass is 234 g/mol. The first-order valence-corrected chi connectivity index (χ1v) is 5.78. The van der Waals surface area contributed by atoms with Crippen LogP contribution in [0.25, 0.3) is 0 Å². The minimum Gasteiger partial charge on any atom is -0.489 e. The van der Waals surface area contributed by atoms with Crippen molar-refractivity contribution in [2.75, 3.05) is 32.1 Å². The highest BCUT2D eigenvalue weighted by molar-refractivity contribution is 5.95. The number of fused-ring (bicyclic) bond motifs is 1. The molecule has 4 heteroatoms. The number of rotatable bonds is 3. The van der Waals surface area contributed by atoms with Crippen LogP contribution in [-0.4, -0.2) is 39.1 Å². The first-order valence-electron chi connectivity index (χ1n) is 5.78. The third-order valence-corrected chi connectivity index (χ3v) is 3.16. The van der Waals surface area contributed by atoms with Crippen molar-refractivity contribution in [3.05, 3.63) is 23.8 Å². The molecule has 1 unspecified atom stereocenters. The lowest BCUT2D eigenvalue weighted by Crippen LogP contribution is -2.46. The normalized spacial score (nSPS) is 18.5. The van der Waals surface area contributed by atoms with E-state index >= 15 is 0 Å². The van der Waals surface area contributed by atoms with Gasteiger partial charge in [-0.15, -0.1) is 0 Å². The van der Waals surface area contributed by atoms with E-state index in [1.54, 1.807) is 6.92 Å². The highest BCUT2D eigenvalue weighted by Gasteiger charge is 2.24. The molecule has 0 fully saturated rings. The largest absolute Gasteiger partial charge is 0.489 e. The van der Waals surface area contributed by atoms with Gasteiger partial charge >= 0.3 is 0 Å². The summed E-state index contributed by atoms with van der Waals surface area (Å²) in [4.78, 5) is 13.5. The molecule has 92 valence electrons. The molecule has 0 radical (unpaired) electrons. The number of benzene rings is 1. The van der Waals surface area contributed by atoms with Crippen molar-refractivity contribution in [1.82, 2.24) is 5.32 Å². The molecule has 2 rings (SSSR count). The number of likely N-dealkylation sites (N-methyl/N-ethyl adjacent to an activating group) is 2. The number of anilines is 1. The molecule has 1 N–H and O–H groups in total. The zero-order valence-electron chi connectivity index (χ0n) is 10.5. The van der Waals surface area contributed by atoms with Gasteiger partial charge in [-0.3, -0.25) is 4.79 Å². The van der Waals surface area contributed by atoms with Crippen LogP contribution in [0.3, 0.4) is 0 Å². The Balaban J connectivity index is 2.32. The minimum absolute atomic E-state index is 0.0805. The molecule has 0 aromatic heterocycles. The summed E-state index contributed by atoms with van der Waals surface area (Å²) in [6.07, 6.45) is 0. The second-order valence-electron chi connectivity index (χ2n) is 4.37. The van der Waals surface area contributed by atoms with Crippen molar-refractivity contribution in [3.8, 4) is 5.75 Å². The van der Waals surface area contributed by atoms with Crippen LogP contribution in [0.4, 0.5) is 5.69 Å². The van der Waals surface area contributed by atoms with Crippen molar-refractivity contribution >= 4 is 11.5 Å². The van der Waals surface area contributed by atoms with Crippen molar-refractivity contribution in [2.45, 2.75) is 13.0 Å². The summed E-state index contributed by atoms with van der Waals surface area (Å²) < 4.78 is 5.70. The van der Waals surface area contributed by atoms with Gasteiger partial charge in [0.25, 0.3) is 0 Å². The molecule has 17 heavy (non-hydrogen) atoms. The molecule has 1 aromatic carbocycles. The molecule has 0 saturated heterocycles. The Morgan fingerprint density at radius 1 is 1.59 bits per heavy atom. The van der Waals surface area contributed by atoms with E-state index in [0.29, 0.717) is 12.6 Å². The van der Waals surface area contributed by atoms with Crippen LogP contribution in [0, 0.1) is 0 Å². The number of carbonyl (C=O) groups excluding carboxylic acids is 1. The Labute approximate surface area is 102 Å². The maximum absolute atomic E-state index is 11.4. The zero-order valence-corrected chi connectivity index (χ0v) is 10.5. The average Bonchev–Trinajstić information content (AvgIpc) is 2.32. The molecule has 0 amide bonds. The molecule has 1 heterocycles. The fourth-order valence-corrected chi connectivity index (χ4v) is 2.06.